The lowest BCUT2D eigenvalue weighted by Gasteiger charge is -2.33. The second-order valence-electron chi connectivity index (χ2n) is 9.81. The van der Waals surface area contributed by atoms with Gasteiger partial charge in [0.05, 0.1) is 11.4 Å². The van der Waals surface area contributed by atoms with Crippen molar-refractivity contribution in [1.82, 2.24) is 19.1 Å². The van der Waals surface area contributed by atoms with Gasteiger partial charge in [-0.2, -0.15) is 9.57 Å². The molecule has 14 heteroatoms. The molecule has 3 N–H and O–H groups in total. The Hall–Kier alpha value is -4.73. The van der Waals surface area contributed by atoms with Crippen LogP contribution in [0.15, 0.2) is 76.1 Å². The molecule has 4 rings (SSSR count). The lowest BCUT2D eigenvalue weighted by atomic mass is 10.2. The maximum absolute atomic E-state index is 12.9. The summed E-state index contributed by atoms with van der Waals surface area (Å²) in [6, 6.07) is 17.1. The largest absolute Gasteiger partial charge is 0.355 e. The number of likely N-dealkylation sites (N-methyl/N-ethyl adjacent to an activating group) is 1. The van der Waals surface area contributed by atoms with Crippen LogP contribution in [0.4, 0.5) is 11.4 Å². The number of hydrogen-bond acceptors (Lipinski definition) is 9. The highest BCUT2D eigenvalue weighted by molar-refractivity contribution is 7.89. The fraction of sp³-hybridized carbons (Fsp3) is 0.290. The minimum Gasteiger partial charge on any atom is -0.355 e. The summed E-state index contributed by atoms with van der Waals surface area (Å²) < 4.78 is 29.2. The molecule has 1 fully saturated rings. The molecule has 0 radical (unpaired) electrons. The molecule has 1 aromatic heterocycles. The van der Waals surface area contributed by atoms with Gasteiger partial charge >= 0.3 is 0 Å². The van der Waals surface area contributed by atoms with Crippen molar-refractivity contribution in [3.05, 3.63) is 85.9 Å². The van der Waals surface area contributed by atoms with E-state index >= 15 is 0 Å². The molecule has 1 aliphatic rings. The van der Waals surface area contributed by atoms with Crippen molar-refractivity contribution in [2.45, 2.75) is 25.3 Å². The van der Waals surface area contributed by atoms with Crippen LogP contribution in [-0.2, 0) is 26.2 Å². The number of nitrogens with zero attached hydrogens (tertiary/aromatic N) is 4. The number of anilines is 2. The molecular formula is C31H33N7O5S2. The summed E-state index contributed by atoms with van der Waals surface area (Å²) in [7, 11) is -3.57. The number of carbonyl (C=O) groups excluding carboxylic acids is 2. The Bertz CT molecular complexity index is 1960. The molecule has 12 nitrogen and oxygen atoms in total. The zero-order valence-corrected chi connectivity index (χ0v) is 26.5. The molecule has 2 aromatic carbocycles. The number of thiazole rings is 1. The number of aromatic nitrogens is 1. The molecule has 0 spiro atoms. The summed E-state index contributed by atoms with van der Waals surface area (Å²) in [5, 5.41) is 17.8. The normalized spacial score (nSPS) is 13.5. The van der Waals surface area contributed by atoms with E-state index in [2.05, 4.69) is 27.4 Å². The zero-order valence-electron chi connectivity index (χ0n) is 24.9. The van der Waals surface area contributed by atoms with Crippen LogP contribution in [0, 0.1) is 11.3 Å². The third-order valence-corrected chi connectivity index (χ3v) is 9.70. The average molecular weight is 648 g/mol. The smallest absolute Gasteiger partial charge is 0.277 e. The van der Waals surface area contributed by atoms with Gasteiger partial charge in [0.2, 0.25) is 15.9 Å². The first-order valence-electron chi connectivity index (χ1n) is 14.2. The predicted octanol–water partition coefficient (Wildman–Crippen LogP) is 0.845. The molecular weight excluding hydrogens is 615 g/mol. The van der Waals surface area contributed by atoms with Gasteiger partial charge in [-0.05, 0) is 44.2 Å². The molecule has 1 saturated heterocycles. The number of rotatable bonds is 10. The SMILES string of the molecule is CCNC(=O)C(=C=c1sc(=C=CNc2cccc(NC(=O)CN3CCN(S(=O)(=O)c4ccccc4)CC3)c2)c(=O)n1CC)C#N. The van der Waals surface area contributed by atoms with Crippen LogP contribution in [0.2, 0.25) is 0 Å². The topological polar surface area (TPSA) is 157 Å². The van der Waals surface area contributed by atoms with Crippen LogP contribution in [0.25, 0.3) is 11.5 Å². The number of nitrogens with one attached hydrogen (secondary N) is 3. The lowest BCUT2D eigenvalue weighted by molar-refractivity contribution is -0.118. The first-order chi connectivity index (χ1) is 21.7. The van der Waals surface area contributed by atoms with Crippen molar-refractivity contribution in [1.29, 1.82) is 5.26 Å². The Morgan fingerprint density at radius 2 is 1.73 bits per heavy atom. The van der Waals surface area contributed by atoms with Crippen LogP contribution in [-0.4, -0.2) is 73.3 Å². The minimum atomic E-state index is -3.57. The van der Waals surface area contributed by atoms with Gasteiger partial charge in [-0.15, -0.1) is 0 Å². The van der Waals surface area contributed by atoms with E-state index in [0.717, 1.165) is 11.3 Å². The molecule has 0 saturated carbocycles. The van der Waals surface area contributed by atoms with Gasteiger partial charge in [0, 0.05) is 56.8 Å². The number of carbonyl (C=O) groups is 2. The Balaban J connectivity index is 1.40. The second kappa shape index (κ2) is 15.3. The van der Waals surface area contributed by atoms with Gasteiger partial charge in [0.15, 0.2) is 5.57 Å². The summed E-state index contributed by atoms with van der Waals surface area (Å²) in [6.45, 7) is 5.77. The van der Waals surface area contributed by atoms with Crippen LogP contribution < -0.4 is 30.7 Å². The van der Waals surface area contributed by atoms with E-state index in [9.17, 15) is 28.1 Å². The Labute approximate surface area is 264 Å². The third kappa shape index (κ3) is 8.47. The maximum Gasteiger partial charge on any atom is 0.277 e. The number of amides is 2. The number of sulfonamides is 1. The van der Waals surface area contributed by atoms with E-state index in [1.54, 1.807) is 68.4 Å². The van der Waals surface area contributed by atoms with E-state index in [4.69, 9.17) is 0 Å². The molecule has 234 valence electrons. The first-order valence-corrected chi connectivity index (χ1v) is 16.5. The van der Waals surface area contributed by atoms with E-state index in [-0.39, 0.29) is 33.0 Å². The number of piperazine rings is 1. The third-order valence-electron chi connectivity index (χ3n) is 6.78. The minimum absolute atomic E-state index is 0.119. The second-order valence-corrected chi connectivity index (χ2v) is 12.7. The van der Waals surface area contributed by atoms with Crippen LogP contribution in [0.3, 0.4) is 0 Å². The van der Waals surface area contributed by atoms with Crippen LogP contribution in [0.1, 0.15) is 13.8 Å². The Morgan fingerprint density at radius 3 is 2.40 bits per heavy atom. The van der Waals surface area contributed by atoms with E-state index < -0.39 is 15.9 Å². The quantitative estimate of drug-likeness (QED) is 0.216. The summed E-state index contributed by atoms with van der Waals surface area (Å²) >= 11 is 1.06. The predicted molar refractivity (Wildman–Crippen MR) is 173 cm³/mol. The first kappa shape index (κ1) is 33.2. The molecule has 3 aromatic rings. The molecule has 2 amide bonds. The van der Waals surface area contributed by atoms with Crippen molar-refractivity contribution in [3.8, 4) is 6.07 Å². The van der Waals surface area contributed by atoms with Gasteiger partial charge in [-0.3, -0.25) is 23.9 Å². The van der Waals surface area contributed by atoms with E-state index in [0.29, 0.717) is 55.3 Å². The summed E-state index contributed by atoms with van der Waals surface area (Å²) in [5.41, 5.74) is 6.33. The maximum atomic E-state index is 12.9. The van der Waals surface area contributed by atoms with E-state index in [1.807, 2.05) is 11.0 Å². The van der Waals surface area contributed by atoms with Crippen molar-refractivity contribution in [2.24, 2.45) is 0 Å². The molecule has 0 bridgehead atoms. The van der Waals surface area contributed by atoms with Crippen molar-refractivity contribution >= 4 is 56.0 Å². The molecule has 0 aliphatic carbocycles. The van der Waals surface area contributed by atoms with Crippen molar-refractivity contribution in [3.63, 3.8) is 0 Å². The number of benzene rings is 2. The lowest BCUT2D eigenvalue weighted by Crippen LogP contribution is -2.50. The highest BCUT2D eigenvalue weighted by atomic mass is 32.2. The standard InChI is InChI=1S/C31H33N7O5S2/c1-3-33-30(40)23(21-32)19-29-38(4-2)31(41)27(44-29)13-14-34-24-9-8-10-25(20-24)35-28(39)22-36-15-17-37(18-16-36)45(42,43)26-11-6-5-7-12-26/h5-12,14,20,34H,3-4,15-18,22H2,1-2H3,(H,33,40)(H,35,39). The monoisotopic (exact) mass is 647 g/mol. The number of hydrogen-bond donors (Lipinski definition) is 3. The Kier molecular flexibility index (Phi) is 11.3. The average Bonchev–Trinajstić information content (AvgIpc) is 3.34. The summed E-state index contributed by atoms with van der Waals surface area (Å²) in [5.74, 6) is -0.788. The van der Waals surface area contributed by atoms with Crippen molar-refractivity contribution in [2.75, 3.05) is 49.9 Å². The fourth-order valence-electron chi connectivity index (χ4n) is 4.52. The fourth-order valence-corrected chi connectivity index (χ4v) is 6.95. The summed E-state index contributed by atoms with van der Waals surface area (Å²) in [6.07, 6.45) is 1.47. The highest BCUT2D eigenvalue weighted by Gasteiger charge is 2.28. The summed E-state index contributed by atoms with van der Waals surface area (Å²) in [4.78, 5) is 39.9. The van der Waals surface area contributed by atoms with Crippen molar-refractivity contribution < 1.29 is 18.0 Å². The Morgan fingerprint density at radius 1 is 1.02 bits per heavy atom. The zero-order chi connectivity index (χ0) is 32.4. The highest BCUT2D eigenvalue weighted by Crippen LogP contribution is 2.18. The molecule has 45 heavy (non-hydrogen) atoms. The molecule has 1 aliphatic heterocycles. The van der Waals surface area contributed by atoms with Gasteiger partial charge in [0.25, 0.3) is 11.5 Å². The molecule has 0 atom stereocenters. The van der Waals surface area contributed by atoms with Gasteiger partial charge in [-0.1, -0.05) is 47.1 Å². The number of nitriles is 1. The van der Waals surface area contributed by atoms with Crippen LogP contribution >= 0.6 is 11.3 Å². The molecule has 2 heterocycles. The van der Waals surface area contributed by atoms with E-state index in [1.165, 1.54) is 15.1 Å². The van der Waals surface area contributed by atoms with Gasteiger partial charge in [0.1, 0.15) is 15.3 Å². The molecule has 0 unspecified atom stereocenters. The van der Waals surface area contributed by atoms with Crippen LogP contribution in [0.5, 0.6) is 0 Å². The van der Waals surface area contributed by atoms with Gasteiger partial charge < -0.3 is 16.0 Å². The van der Waals surface area contributed by atoms with Gasteiger partial charge in [-0.25, -0.2) is 8.42 Å².